The predicted octanol–water partition coefficient (Wildman–Crippen LogP) is 3.16. The van der Waals surface area contributed by atoms with E-state index in [1.54, 1.807) is 18.2 Å². The summed E-state index contributed by atoms with van der Waals surface area (Å²) in [5.41, 5.74) is 2.37. The van der Waals surface area contributed by atoms with Crippen molar-refractivity contribution in [1.82, 2.24) is 15.4 Å². The molecule has 2 aromatic carbocycles. The number of nitrogens with one attached hydrogen (secondary N) is 3. The van der Waals surface area contributed by atoms with E-state index in [4.69, 9.17) is 4.99 Å². The highest BCUT2D eigenvalue weighted by molar-refractivity contribution is 7.89. The number of rotatable bonds is 8. The molecule has 3 rings (SSSR count). The fraction of sp³-hybridized carbons (Fsp3) is 0.435. The maximum Gasteiger partial charge on any atom is 0.240 e. The van der Waals surface area contributed by atoms with Crippen LogP contribution in [0.4, 0.5) is 0 Å². The van der Waals surface area contributed by atoms with Crippen LogP contribution in [0.15, 0.2) is 64.5 Å². The number of nitrogens with zero attached hydrogens (tertiary/aromatic N) is 1. The molecule has 0 heterocycles. The monoisotopic (exact) mass is 428 g/mol. The van der Waals surface area contributed by atoms with Gasteiger partial charge in [0, 0.05) is 18.5 Å². The van der Waals surface area contributed by atoms with Crippen LogP contribution < -0.4 is 15.4 Å². The molecule has 6 nitrogen and oxygen atoms in total. The van der Waals surface area contributed by atoms with Gasteiger partial charge < -0.3 is 10.6 Å². The van der Waals surface area contributed by atoms with E-state index in [1.165, 1.54) is 38.3 Å². The summed E-state index contributed by atoms with van der Waals surface area (Å²) in [4.78, 5) is 4.95. The number of hydrogen-bond acceptors (Lipinski definition) is 3. The van der Waals surface area contributed by atoms with Crippen LogP contribution in [0.2, 0.25) is 0 Å². The highest BCUT2D eigenvalue weighted by atomic mass is 32.2. The summed E-state index contributed by atoms with van der Waals surface area (Å²) in [7, 11) is -2.04. The average molecular weight is 429 g/mol. The standard InChI is InChI=1S/C23H32N4O2S/c1-3-25-22(26-17-19-10-9-13-21(16-19)30(28,29)24-2)27-18-23(14-7-8-15-23)20-11-5-4-6-12-20/h4-6,9-13,16,24H,3,7-8,14-15,17-18H2,1-2H3,(H2,25,26,27). The minimum atomic E-state index is -3.46. The Balaban J connectivity index is 1.73. The van der Waals surface area contributed by atoms with Gasteiger partial charge in [-0.3, -0.25) is 0 Å². The lowest BCUT2D eigenvalue weighted by molar-refractivity contribution is 0.431. The molecule has 3 N–H and O–H groups in total. The number of sulfonamides is 1. The smallest absolute Gasteiger partial charge is 0.240 e. The van der Waals surface area contributed by atoms with Crippen LogP contribution in [-0.2, 0) is 22.0 Å². The van der Waals surface area contributed by atoms with E-state index in [1.807, 2.05) is 13.0 Å². The lowest BCUT2D eigenvalue weighted by Gasteiger charge is -2.30. The Kier molecular flexibility index (Phi) is 7.50. The number of aliphatic imine (C=N–C) groups is 1. The maximum atomic E-state index is 12.0. The summed E-state index contributed by atoms with van der Waals surface area (Å²) in [5, 5.41) is 6.85. The van der Waals surface area contributed by atoms with Crippen molar-refractivity contribution in [2.24, 2.45) is 4.99 Å². The fourth-order valence-electron chi connectivity index (χ4n) is 4.10. The highest BCUT2D eigenvalue weighted by Gasteiger charge is 2.35. The topological polar surface area (TPSA) is 82.6 Å². The van der Waals surface area contributed by atoms with E-state index >= 15 is 0 Å². The summed E-state index contributed by atoms with van der Waals surface area (Å²) in [6.45, 7) is 4.04. The Labute approximate surface area is 180 Å². The van der Waals surface area contributed by atoms with Crippen LogP contribution in [0.3, 0.4) is 0 Å². The molecule has 0 aromatic heterocycles. The van der Waals surface area contributed by atoms with Crippen molar-refractivity contribution in [2.75, 3.05) is 20.1 Å². The van der Waals surface area contributed by atoms with Gasteiger partial charge in [-0.05, 0) is 50.1 Å². The Morgan fingerprint density at radius 2 is 1.77 bits per heavy atom. The van der Waals surface area contributed by atoms with E-state index in [0.29, 0.717) is 6.54 Å². The number of guanidine groups is 1. The second-order valence-electron chi connectivity index (χ2n) is 7.76. The molecule has 162 valence electrons. The van der Waals surface area contributed by atoms with Crippen LogP contribution in [0, 0.1) is 0 Å². The molecule has 1 fully saturated rings. The Hall–Kier alpha value is -2.38. The van der Waals surface area contributed by atoms with Gasteiger partial charge in [-0.1, -0.05) is 55.3 Å². The largest absolute Gasteiger partial charge is 0.357 e. The number of benzene rings is 2. The third-order valence-electron chi connectivity index (χ3n) is 5.78. The van der Waals surface area contributed by atoms with Gasteiger partial charge in [-0.25, -0.2) is 18.1 Å². The summed E-state index contributed by atoms with van der Waals surface area (Å²) in [5.74, 6) is 0.751. The van der Waals surface area contributed by atoms with E-state index in [-0.39, 0.29) is 10.3 Å². The van der Waals surface area contributed by atoms with Crippen molar-refractivity contribution in [3.63, 3.8) is 0 Å². The fourth-order valence-corrected chi connectivity index (χ4v) is 4.90. The molecule has 1 saturated carbocycles. The molecule has 0 unspecified atom stereocenters. The van der Waals surface area contributed by atoms with Crippen LogP contribution in [0.1, 0.15) is 43.7 Å². The van der Waals surface area contributed by atoms with Gasteiger partial charge in [0.05, 0.1) is 11.4 Å². The van der Waals surface area contributed by atoms with Crippen molar-refractivity contribution in [1.29, 1.82) is 0 Å². The number of hydrogen-bond donors (Lipinski definition) is 3. The Bertz CT molecular complexity index is 952. The normalized spacial score (nSPS) is 16.4. The zero-order valence-corrected chi connectivity index (χ0v) is 18.6. The van der Waals surface area contributed by atoms with Crippen molar-refractivity contribution < 1.29 is 8.42 Å². The lowest BCUT2D eigenvalue weighted by Crippen LogP contribution is -2.44. The van der Waals surface area contributed by atoms with Gasteiger partial charge in [0.2, 0.25) is 10.0 Å². The second kappa shape index (κ2) is 10.1. The molecular weight excluding hydrogens is 396 g/mol. The first kappa shape index (κ1) is 22.3. The van der Waals surface area contributed by atoms with Gasteiger partial charge in [0.25, 0.3) is 0 Å². The van der Waals surface area contributed by atoms with E-state index in [0.717, 1.165) is 24.6 Å². The van der Waals surface area contributed by atoms with Crippen LogP contribution in [0.25, 0.3) is 0 Å². The summed E-state index contributed by atoms with van der Waals surface area (Å²) < 4.78 is 26.4. The zero-order chi connectivity index (χ0) is 21.5. The third kappa shape index (κ3) is 5.40. The molecule has 0 saturated heterocycles. The van der Waals surface area contributed by atoms with Crippen molar-refractivity contribution >= 4 is 16.0 Å². The molecule has 1 aliphatic rings. The lowest BCUT2D eigenvalue weighted by atomic mass is 9.79. The van der Waals surface area contributed by atoms with Crippen molar-refractivity contribution in [3.05, 3.63) is 65.7 Å². The van der Waals surface area contributed by atoms with Crippen LogP contribution >= 0.6 is 0 Å². The molecule has 0 atom stereocenters. The predicted molar refractivity (Wildman–Crippen MR) is 122 cm³/mol. The van der Waals surface area contributed by atoms with Crippen LogP contribution in [0.5, 0.6) is 0 Å². The average Bonchev–Trinajstić information content (AvgIpc) is 3.27. The van der Waals surface area contributed by atoms with Gasteiger partial charge in [0.1, 0.15) is 0 Å². The summed E-state index contributed by atoms with van der Waals surface area (Å²) in [6.07, 6.45) is 4.84. The minimum Gasteiger partial charge on any atom is -0.357 e. The third-order valence-corrected chi connectivity index (χ3v) is 7.19. The zero-order valence-electron chi connectivity index (χ0n) is 17.8. The Morgan fingerprint density at radius 1 is 1.03 bits per heavy atom. The molecule has 0 aliphatic heterocycles. The quantitative estimate of drug-likeness (QED) is 0.446. The molecule has 0 amide bonds. The highest BCUT2D eigenvalue weighted by Crippen LogP contribution is 2.40. The van der Waals surface area contributed by atoms with Gasteiger partial charge >= 0.3 is 0 Å². The van der Waals surface area contributed by atoms with E-state index in [9.17, 15) is 8.42 Å². The molecule has 0 spiro atoms. The first-order valence-corrected chi connectivity index (χ1v) is 12.1. The van der Waals surface area contributed by atoms with Gasteiger partial charge in [-0.2, -0.15) is 0 Å². The summed E-state index contributed by atoms with van der Waals surface area (Å²) >= 11 is 0. The molecule has 2 aromatic rings. The van der Waals surface area contributed by atoms with Crippen molar-refractivity contribution in [3.8, 4) is 0 Å². The second-order valence-corrected chi connectivity index (χ2v) is 9.64. The first-order valence-electron chi connectivity index (χ1n) is 10.6. The molecule has 0 radical (unpaired) electrons. The SMILES string of the molecule is CCNC(=NCc1cccc(S(=O)(=O)NC)c1)NCC1(c2ccccc2)CCCC1. The molecule has 0 bridgehead atoms. The summed E-state index contributed by atoms with van der Waals surface area (Å²) in [6, 6.07) is 17.6. The minimum absolute atomic E-state index is 0.137. The molecule has 7 heteroatoms. The van der Waals surface area contributed by atoms with Gasteiger partial charge in [0.15, 0.2) is 5.96 Å². The van der Waals surface area contributed by atoms with E-state index < -0.39 is 10.0 Å². The molecular formula is C23H32N4O2S. The van der Waals surface area contributed by atoms with E-state index in [2.05, 4.69) is 45.7 Å². The van der Waals surface area contributed by atoms with Crippen molar-refractivity contribution in [2.45, 2.75) is 49.5 Å². The first-order chi connectivity index (χ1) is 14.5. The molecule has 1 aliphatic carbocycles. The Morgan fingerprint density at radius 3 is 2.43 bits per heavy atom. The van der Waals surface area contributed by atoms with Gasteiger partial charge in [-0.15, -0.1) is 0 Å². The maximum absolute atomic E-state index is 12.0. The van der Waals surface area contributed by atoms with Crippen LogP contribution in [-0.4, -0.2) is 34.5 Å². The molecule has 30 heavy (non-hydrogen) atoms.